The maximum Gasteiger partial charge on any atom is 0.224 e. The van der Waals surface area contributed by atoms with Crippen LogP contribution >= 0.6 is 0 Å². The molecule has 0 aromatic heterocycles. The maximum absolute atomic E-state index is 12.3. The second-order valence-electron chi connectivity index (χ2n) is 6.84. The number of hydrogen-bond acceptors (Lipinski definition) is 2. The molecular weight excluding hydrogens is 264 g/mol. The van der Waals surface area contributed by atoms with Crippen molar-refractivity contribution in [2.45, 2.75) is 58.8 Å². The summed E-state index contributed by atoms with van der Waals surface area (Å²) in [5, 5.41) is 3.14. The molecule has 2 amide bonds. The van der Waals surface area contributed by atoms with E-state index in [1.165, 1.54) is 32.1 Å². The van der Waals surface area contributed by atoms with Gasteiger partial charge in [-0.1, -0.05) is 26.2 Å². The van der Waals surface area contributed by atoms with Crippen molar-refractivity contribution in [3.8, 4) is 0 Å². The molecule has 1 N–H and O–H groups in total. The van der Waals surface area contributed by atoms with Crippen LogP contribution in [-0.2, 0) is 9.59 Å². The molecule has 1 saturated carbocycles. The largest absolute Gasteiger partial charge is 0.356 e. The van der Waals surface area contributed by atoms with Gasteiger partial charge in [0.25, 0.3) is 0 Å². The van der Waals surface area contributed by atoms with Crippen LogP contribution in [0.25, 0.3) is 0 Å². The van der Waals surface area contributed by atoms with E-state index >= 15 is 0 Å². The molecule has 1 heterocycles. The minimum absolute atomic E-state index is 0.00497. The molecule has 2 aliphatic rings. The van der Waals surface area contributed by atoms with Crippen LogP contribution in [0.3, 0.4) is 0 Å². The number of amides is 2. The number of rotatable bonds is 4. The third-order valence-corrected chi connectivity index (χ3v) is 5.35. The second-order valence-corrected chi connectivity index (χ2v) is 6.84. The Morgan fingerprint density at radius 3 is 2.38 bits per heavy atom. The Morgan fingerprint density at radius 2 is 1.76 bits per heavy atom. The number of likely N-dealkylation sites (tertiary alicyclic amines) is 1. The molecule has 2 fully saturated rings. The van der Waals surface area contributed by atoms with E-state index in [-0.39, 0.29) is 17.7 Å². The van der Waals surface area contributed by atoms with E-state index in [1.807, 2.05) is 0 Å². The first-order valence-corrected chi connectivity index (χ1v) is 8.63. The molecule has 2 rings (SSSR count). The molecule has 0 radical (unpaired) electrons. The highest BCUT2D eigenvalue weighted by molar-refractivity contribution is 5.80. The molecule has 0 bridgehead atoms. The minimum atomic E-state index is -0.00497. The Balaban J connectivity index is 1.71. The SMILES string of the molecule is CCC1CCC(CNC(=O)[C@H]2CCCN(C(C)=O)C2)CC1. The van der Waals surface area contributed by atoms with Crippen LogP contribution in [0.15, 0.2) is 0 Å². The number of piperidine rings is 1. The molecular formula is C17H30N2O2. The standard InChI is InChI=1S/C17H30N2O2/c1-3-14-6-8-15(9-7-14)11-18-17(21)16-5-4-10-19(12-16)13(2)20/h14-16H,3-12H2,1-2H3,(H,18,21)/t14?,15?,16-/m0/s1. The van der Waals surface area contributed by atoms with Gasteiger partial charge in [0.15, 0.2) is 0 Å². The number of hydrogen-bond donors (Lipinski definition) is 1. The van der Waals surface area contributed by atoms with Crippen molar-refractivity contribution in [3.63, 3.8) is 0 Å². The zero-order chi connectivity index (χ0) is 15.2. The topological polar surface area (TPSA) is 49.4 Å². The summed E-state index contributed by atoms with van der Waals surface area (Å²) in [7, 11) is 0. The van der Waals surface area contributed by atoms with Gasteiger partial charge in [0.1, 0.15) is 0 Å². The van der Waals surface area contributed by atoms with Crippen LogP contribution in [0.1, 0.15) is 58.8 Å². The van der Waals surface area contributed by atoms with E-state index in [4.69, 9.17) is 0 Å². The first-order chi connectivity index (χ1) is 10.1. The Hall–Kier alpha value is -1.06. The normalized spacial score (nSPS) is 30.0. The van der Waals surface area contributed by atoms with Crippen LogP contribution in [0.4, 0.5) is 0 Å². The zero-order valence-corrected chi connectivity index (χ0v) is 13.6. The Morgan fingerprint density at radius 1 is 1.10 bits per heavy atom. The molecule has 120 valence electrons. The fourth-order valence-corrected chi connectivity index (χ4v) is 3.71. The first kappa shape index (κ1) is 16.3. The highest BCUT2D eigenvalue weighted by Crippen LogP contribution is 2.30. The van der Waals surface area contributed by atoms with E-state index in [1.54, 1.807) is 11.8 Å². The summed E-state index contributed by atoms with van der Waals surface area (Å²) < 4.78 is 0. The van der Waals surface area contributed by atoms with Gasteiger partial charge in [0.05, 0.1) is 5.92 Å². The maximum atomic E-state index is 12.3. The van der Waals surface area contributed by atoms with E-state index < -0.39 is 0 Å². The van der Waals surface area contributed by atoms with Gasteiger partial charge in [-0.15, -0.1) is 0 Å². The summed E-state index contributed by atoms with van der Waals surface area (Å²) >= 11 is 0. The van der Waals surface area contributed by atoms with Crippen LogP contribution in [0.5, 0.6) is 0 Å². The number of carbonyl (C=O) groups is 2. The predicted molar refractivity (Wildman–Crippen MR) is 83.7 cm³/mol. The molecule has 0 aromatic rings. The quantitative estimate of drug-likeness (QED) is 0.866. The highest BCUT2D eigenvalue weighted by atomic mass is 16.2. The Kier molecular flexibility index (Phi) is 6.07. The van der Waals surface area contributed by atoms with Gasteiger partial charge < -0.3 is 10.2 Å². The summed E-state index contributed by atoms with van der Waals surface area (Å²) in [6, 6.07) is 0. The predicted octanol–water partition coefficient (Wildman–Crippen LogP) is 2.58. The summed E-state index contributed by atoms with van der Waals surface area (Å²) in [6.45, 7) is 6.10. The minimum Gasteiger partial charge on any atom is -0.356 e. The zero-order valence-electron chi connectivity index (χ0n) is 13.6. The average Bonchev–Trinajstić information content (AvgIpc) is 2.53. The van der Waals surface area contributed by atoms with Crippen molar-refractivity contribution in [2.75, 3.05) is 19.6 Å². The molecule has 1 aliphatic heterocycles. The van der Waals surface area contributed by atoms with Crippen molar-refractivity contribution in [3.05, 3.63) is 0 Å². The van der Waals surface area contributed by atoms with Gasteiger partial charge in [-0.25, -0.2) is 0 Å². The van der Waals surface area contributed by atoms with Crippen molar-refractivity contribution in [1.82, 2.24) is 10.2 Å². The molecule has 0 spiro atoms. The van der Waals surface area contributed by atoms with Gasteiger partial charge in [-0.3, -0.25) is 9.59 Å². The van der Waals surface area contributed by atoms with E-state index in [0.717, 1.165) is 31.8 Å². The van der Waals surface area contributed by atoms with Crippen molar-refractivity contribution < 1.29 is 9.59 Å². The monoisotopic (exact) mass is 294 g/mol. The van der Waals surface area contributed by atoms with Gasteiger partial charge in [0.2, 0.25) is 11.8 Å². The van der Waals surface area contributed by atoms with Crippen LogP contribution in [0, 0.1) is 17.8 Å². The van der Waals surface area contributed by atoms with E-state index in [2.05, 4.69) is 12.2 Å². The van der Waals surface area contributed by atoms with Gasteiger partial charge in [0, 0.05) is 26.6 Å². The van der Waals surface area contributed by atoms with Crippen molar-refractivity contribution >= 4 is 11.8 Å². The fraction of sp³-hybridized carbons (Fsp3) is 0.882. The highest BCUT2D eigenvalue weighted by Gasteiger charge is 2.27. The molecule has 0 aromatic carbocycles. The summed E-state index contributed by atoms with van der Waals surface area (Å²) in [5.41, 5.74) is 0. The van der Waals surface area contributed by atoms with Gasteiger partial charge in [-0.05, 0) is 37.5 Å². The van der Waals surface area contributed by atoms with Crippen molar-refractivity contribution in [1.29, 1.82) is 0 Å². The van der Waals surface area contributed by atoms with Crippen LogP contribution in [0.2, 0.25) is 0 Å². The summed E-state index contributed by atoms with van der Waals surface area (Å²) in [5.74, 6) is 1.79. The van der Waals surface area contributed by atoms with Gasteiger partial charge >= 0.3 is 0 Å². The molecule has 1 saturated heterocycles. The first-order valence-electron chi connectivity index (χ1n) is 8.63. The third-order valence-electron chi connectivity index (χ3n) is 5.35. The molecule has 0 unspecified atom stereocenters. The molecule has 1 atom stereocenters. The summed E-state index contributed by atoms with van der Waals surface area (Å²) in [4.78, 5) is 25.5. The van der Waals surface area contributed by atoms with Gasteiger partial charge in [-0.2, -0.15) is 0 Å². The lowest BCUT2D eigenvalue weighted by Crippen LogP contribution is -2.45. The van der Waals surface area contributed by atoms with Crippen LogP contribution in [-0.4, -0.2) is 36.3 Å². The second kappa shape index (κ2) is 7.81. The number of nitrogens with zero attached hydrogens (tertiary/aromatic N) is 1. The average molecular weight is 294 g/mol. The summed E-state index contributed by atoms with van der Waals surface area (Å²) in [6.07, 6.45) is 8.29. The van der Waals surface area contributed by atoms with E-state index in [9.17, 15) is 9.59 Å². The lowest BCUT2D eigenvalue weighted by atomic mass is 9.81. The molecule has 4 heteroatoms. The third kappa shape index (κ3) is 4.72. The Labute approximate surface area is 128 Å². The number of nitrogens with one attached hydrogen (secondary N) is 1. The molecule has 4 nitrogen and oxygen atoms in total. The molecule has 21 heavy (non-hydrogen) atoms. The smallest absolute Gasteiger partial charge is 0.224 e. The lowest BCUT2D eigenvalue weighted by molar-refractivity contribution is -0.134. The fourth-order valence-electron chi connectivity index (χ4n) is 3.71. The number of carbonyl (C=O) groups excluding carboxylic acids is 2. The Bertz CT molecular complexity index is 362. The van der Waals surface area contributed by atoms with Crippen LogP contribution < -0.4 is 5.32 Å². The lowest BCUT2D eigenvalue weighted by Gasteiger charge is -2.32. The molecule has 1 aliphatic carbocycles. The van der Waals surface area contributed by atoms with Crippen molar-refractivity contribution in [2.24, 2.45) is 17.8 Å². The van der Waals surface area contributed by atoms with E-state index in [0.29, 0.717) is 12.5 Å².